The van der Waals surface area contributed by atoms with Crippen LogP contribution in [0.25, 0.3) is 0 Å². The highest BCUT2D eigenvalue weighted by Gasteiger charge is 2.37. The van der Waals surface area contributed by atoms with Crippen LogP contribution in [0.15, 0.2) is 36.4 Å². The number of hydrogen-bond donors (Lipinski definition) is 2. The number of amides is 3. The van der Waals surface area contributed by atoms with Crippen molar-refractivity contribution in [3.8, 4) is 5.75 Å². The van der Waals surface area contributed by atoms with Crippen LogP contribution in [-0.4, -0.2) is 72.9 Å². The lowest BCUT2D eigenvalue weighted by Gasteiger charge is -2.32. The van der Waals surface area contributed by atoms with Crippen molar-refractivity contribution in [1.29, 1.82) is 0 Å². The van der Waals surface area contributed by atoms with E-state index >= 15 is 0 Å². The van der Waals surface area contributed by atoms with E-state index in [1.165, 1.54) is 30.2 Å². The first kappa shape index (κ1) is 29.5. The van der Waals surface area contributed by atoms with Crippen LogP contribution in [-0.2, 0) is 22.6 Å². The van der Waals surface area contributed by atoms with Crippen LogP contribution < -0.4 is 15.4 Å². The van der Waals surface area contributed by atoms with Gasteiger partial charge in [0.1, 0.15) is 23.4 Å². The molecule has 216 valence electrons. The van der Waals surface area contributed by atoms with Gasteiger partial charge in [-0.25, -0.2) is 8.78 Å². The summed E-state index contributed by atoms with van der Waals surface area (Å²) in [5.74, 6) is -1.62. The maximum Gasteiger partial charge on any atom is 0.257 e. The minimum atomic E-state index is -0.707. The Bertz CT molecular complexity index is 1240. The summed E-state index contributed by atoms with van der Waals surface area (Å²) in [5, 5.41) is 6.04. The maximum absolute atomic E-state index is 14.7. The summed E-state index contributed by atoms with van der Waals surface area (Å²) in [6, 6.07) is 7.72. The number of methoxy groups -OCH3 is 1. The topological polar surface area (TPSA) is 91.0 Å². The van der Waals surface area contributed by atoms with E-state index in [9.17, 15) is 23.2 Å². The molecule has 2 aromatic carbocycles. The molecule has 1 saturated heterocycles. The average Bonchev–Trinajstić information content (AvgIpc) is 3.41. The van der Waals surface area contributed by atoms with Crippen LogP contribution in [0.3, 0.4) is 0 Å². The van der Waals surface area contributed by atoms with E-state index in [4.69, 9.17) is 4.74 Å². The standard InChI is InChI=1S/C30H38F2N4O4/c1-19(2)25-17-35(16-21-9-10-22(31)15-27(21)40-3)18-28(37)33-12-4-6-20-8-11-24(32)23(14-20)30(39)36-13-5-7-26(36)29(38)34-25/h8-11,14-15,19,25-26H,4-7,12-13,16-18H2,1-3H3,(H,33,37)(H,34,38)/t25-,26-/m0/s1. The van der Waals surface area contributed by atoms with Crippen molar-refractivity contribution in [1.82, 2.24) is 20.4 Å². The fraction of sp³-hybridized carbons (Fsp3) is 0.500. The molecule has 8 nitrogen and oxygen atoms in total. The lowest BCUT2D eigenvalue weighted by atomic mass is 10.0. The summed E-state index contributed by atoms with van der Waals surface area (Å²) < 4.78 is 33.9. The Morgan fingerprint density at radius 3 is 2.62 bits per heavy atom. The monoisotopic (exact) mass is 556 g/mol. The SMILES string of the molecule is COc1cc(F)ccc1CN1CC(=O)NCCCc2ccc(F)c(c2)C(=O)N2CCC[C@H]2C(=O)N[C@H](C(C)C)C1. The first-order valence-corrected chi connectivity index (χ1v) is 13.9. The number of rotatable bonds is 4. The third-order valence-corrected chi connectivity index (χ3v) is 7.64. The highest BCUT2D eigenvalue weighted by molar-refractivity contribution is 5.98. The third-order valence-electron chi connectivity index (χ3n) is 7.64. The van der Waals surface area contributed by atoms with Crippen LogP contribution in [0.5, 0.6) is 5.75 Å². The molecular weight excluding hydrogens is 518 g/mol. The smallest absolute Gasteiger partial charge is 0.257 e. The lowest BCUT2D eigenvalue weighted by Crippen LogP contribution is -2.53. The highest BCUT2D eigenvalue weighted by Crippen LogP contribution is 2.25. The van der Waals surface area contributed by atoms with Gasteiger partial charge in [-0.2, -0.15) is 0 Å². The average molecular weight is 557 g/mol. The second-order valence-corrected chi connectivity index (χ2v) is 10.9. The zero-order chi connectivity index (χ0) is 28.8. The van der Waals surface area contributed by atoms with Gasteiger partial charge in [-0.05, 0) is 55.4 Å². The number of hydrogen-bond acceptors (Lipinski definition) is 5. The van der Waals surface area contributed by atoms with Crippen LogP contribution in [0.2, 0.25) is 0 Å². The number of benzene rings is 2. The van der Waals surface area contributed by atoms with Crippen molar-refractivity contribution >= 4 is 17.7 Å². The molecule has 10 heteroatoms. The summed E-state index contributed by atoms with van der Waals surface area (Å²) in [6.07, 6.45) is 2.30. The Morgan fingerprint density at radius 2 is 1.88 bits per heavy atom. The number of nitrogens with zero attached hydrogens (tertiary/aromatic N) is 2. The first-order chi connectivity index (χ1) is 19.2. The van der Waals surface area contributed by atoms with E-state index in [1.54, 1.807) is 18.2 Å². The van der Waals surface area contributed by atoms with E-state index in [2.05, 4.69) is 10.6 Å². The van der Waals surface area contributed by atoms with Crippen molar-refractivity contribution in [3.63, 3.8) is 0 Å². The molecule has 2 heterocycles. The summed E-state index contributed by atoms with van der Waals surface area (Å²) in [7, 11) is 1.47. The van der Waals surface area contributed by atoms with Crippen molar-refractivity contribution in [3.05, 3.63) is 64.7 Å². The molecule has 2 aromatic rings. The molecule has 40 heavy (non-hydrogen) atoms. The van der Waals surface area contributed by atoms with E-state index in [0.717, 1.165) is 5.56 Å². The number of aryl methyl sites for hydroxylation is 1. The summed E-state index contributed by atoms with van der Waals surface area (Å²) in [5.41, 5.74) is 1.46. The fourth-order valence-corrected chi connectivity index (χ4v) is 5.36. The second-order valence-electron chi connectivity index (χ2n) is 10.9. The molecule has 2 atom stereocenters. The van der Waals surface area contributed by atoms with Crippen LogP contribution >= 0.6 is 0 Å². The van der Waals surface area contributed by atoms with E-state index < -0.39 is 23.6 Å². The molecule has 4 rings (SSSR count). The molecular formula is C30H38F2N4O4. The van der Waals surface area contributed by atoms with E-state index in [-0.39, 0.29) is 35.9 Å². The largest absolute Gasteiger partial charge is 0.496 e. The molecule has 3 amide bonds. The third kappa shape index (κ3) is 7.15. The minimum Gasteiger partial charge on any atom is -0.496 e. The van der Waals surface area contributed by atoms with Gasteiger partial charge >= 0.3 is 0 Å². The van der Waals surface area contributed by atoms with Gasteiger partial charge in [0.05, 0.1) is 19.2 Å². The second kappa shape index (κ2) is 13.2. The van der Waals surface area contributed by atoms with Crippen molar-refractivity contribution in [2.24, 2.45) is 5.92 Å². The number of fused-ring (bicyclic) bond motifs is 3. The van der Waals surface area contributed by atoms with Gasteiger partial charge in [-0.1, -0.05) is 26.0 Å². The maximum atomic E-state index is 14.7. The van der Waals surface area contributed by atoms with Crippen molar-refractivity contribution < 1.29 is 27.9 Å². The van der Waals surface area contributed by atoms with E-state index in [1.807, 2.05) is 18.7 Å². The summed E-state index contributed by atoms with van der Waals surface area (Å²) in [6.45, 7) is 5.44. The molecule has 2 aliphatic heterocycles. The minimum absolute atomic E-state index is 0.00592. The highest BCUT2D eigenvalue weighted by atomic mass is 19.1. The van der Waals surface area contributed by atoms with Crippen LogP contribution in [0, 0.1) is 17.6 Å². The van der Waals surface area contributed by atoms with Gasteiger partial charge in [-0.15, -0.1) is 0 Å². The Balaban J connectivity index is 1.63. The Labute approximate surface area is 234 Å². The predicted octanol–water partition coefficient (Wildman–Crippen LogP) is 3.28. The van der Waals surface area contributed by atoms with Gasteiger partial charge in [0, 0.05) is 43.9 Å². The molecule has 0 aromatic heterocycles. The first-order valence-electron chi connectivity index (χ1n) is 13.9. The number of carbonyl (C=O) groups excluding carboxylic acids is 3. The molecule has 2 bridgehead atoms. The molecule has 1 fully saturated rings. The Hall–Kier alpha value is -3.53. The number of nitrogens with one attached hydrogen (secondary N) is 2. The van der Waals surface area contributed by atoms with Gasteiger partial charge in [0.2, 0.25) is 11.8 Å². The normalized spacial score (nSPS) is 21.6. The molecule has 0 unspecified atom stereocenters. The quantitative estimate of drug-likeness (QED) is 0.604. The number of halogens is 2. The Kier molecular flexibility index (Phi) is 9.73. The van der Waals surface area contributed by atoms with Crippen molar-refractivity contribution in [2.75, 3.05) is 33.3 Å². The predicted molar refractivity (Wildman–Crippen MR) is 147 cm³/mol. The molecule has 0 aliphatic carbocycles. The number of ether oxygens (including phenoxy) is 1. The fourth-order valence-electron chi connectivity index (χ4n) is 5.36. The van der Waals surface area contributed by atoms with Crippen molar-refractivity contribution in [2.45, 2.75) is 58.2 Å². The number of carbonyl (C=O) groups is 3. The van der Waals surface area contributed by atoms with Gasteiger partial charge in [0.25, 0.3) is 5.91 Å². The van der Waals surface area contributed by atoms with Crippen LogP contribution in [0.1, 0.15) is 54.6 Å². The zero-order valence-corrected chi connectivity index (χ0v) is 23.3. The molecule has 0 spiro atoms. The Morgan fingerprint density at radius 1 is 1.07 bits per heavy atom. The van der Waals surface area contributed by atoms with Gasteiger partial charge in [-0.3, -0.25) is 19.3 Å². The van der Waals surface area contributed by atoms with E-state index in [0.29, 0.717) is 63.2 Å². The zero-order valence-electron chi connectivity index (χ0n) is 23.3. The molecule has 0 radical (unpaired) electrons. The lowest BCUT2D eigenvalue weighted by molar-refractivity contribution is -0.126. The summed E-state index contributed by atoms with van der Waals surface area (Å²) >= 11 is 0. The molecule has 2 aliphatic rings. The molecule has 2 N–H and O–H groups in total. The van der Waals surface area contributed by atoms with Crippen LogP contribution in [0.4, 0.5) is 8.78 Å². The molecule has 0 saturated carbocycles. The van der Waals surface area contributed by atoms with Gasteiger partial charge < -0.3 is 20.3 Å². The van der Waals surface area contributed by atoms with Gasteiger partial charge in [0.15, 0.2) is 0 Å². The summed E-state index contributed by atoms with van der Waals surface area (Å²) in [4.78, 5) is 43.3.